The smallest absolute Gasteiger partial charge is 0.242 e. The molecule has 0 N–H and O–H groups in total. The van der Waals surface area contributed by atoms with Crippen molar-refractivity contribution in [2.45, 2.75) is 40.9 Å². The van der Waals surface area contributed by atoms with Crippen LogP contribution in [-0.2, 0) is 16.0 Å². The summed E-state index contributed by atoms with van der Waals surface area (Å²) in [6.45, 7) is 0.676. The van der Waals surface area contributed by atoms with E-state index in [2.05, 4.69) is 0 Å². The fraction of sp³-hybridized carbons (Fsp3) is 0.579. The lowest BCUT2D eigenvalue weighted by atomic mass is 9.14. The number of halogens is 1. The van der Waals surface area contributed by atoms with Gasteiger partial charge < -0.3 is 9.80 Å². The monoisotopic (exact) mass is 390 g/mol. The number of piperazine rings is 1. The molecule has 0 spiro atoms. The van der Waals surface area contributed by atoms with Crippen LogP contribution in [0.3, 0.4) is 0 Å². The molecule has 30 heavy (non-hydrogen) atoms. The van der Waals surface area contributed by atoms with Gasteiger partial charge in [0.2, 0.25) is 11.8 Å². The molecule has 1 aromatic carbocycles. The maximum atomic E-state index is 13.9. The van der Waals surface area contributed by atoms with Crippen molar-refractivity contribution in [2.75, 3.05) is 19.6 Å². The zero-order valence-electron chi connectivity index (χ0n) is 16.7. The van der Waals surface area contributed by atoms with E-state index in [0.29, 0.717) is 13.0 Å². The van der Waals surface area contributed by atoms with Crippen LogP contribution in [0, 0.1) is 11.7 Å². The third kappa shape index (κ3) is 3.27. The molecule has 140 valence electrons. The van der Waals surface area contributed by atoms with E-state index < -0.39 is 27.6 Å². The Morgan fingerprint density at radius 2 is 1.70 bits per heavy atom. The van der Waals surface area contributed by atoms with Gasteiger partial charge >= 0.3 is 0 Å². The molecular formula is C19H17B6FN2O2. The first-order chi connectivity index (χ1) is 13.8. The van der Waals surface area contributed by atoms with Crippen LogP contribution in [0.5, 0.6) is 0 Å². The van der Waals surface area contributed by atoms with E-state index in [0.717, 1.165) is 11.1 Å². The lowest BCUT2D eigenvalue weighted by Crippen LogP contribution is -2.58. The Labute approximate surface area is 184 Å². The lowest BCUT2D eigenvalue weighted by Gasteiger charge is -2.62. The summed E-state index contributed by atoms with van der Waals surface area (Å²) >= 11 is 0. The molecule has 1 saturated carbocycles. The Hall–Kier alpha value is -1.52. The predicted molar refractivity (Wildman–Crippen MR) is 116 cm³/mol. The molecule has 2 aliphatic heterocycles. The van der Waals surface area contributed by atoms with Crippen LogP contribution in [0.2, 0.25) is 15.6 Å². The Morgan fingerprint density at radius 1 is 1.07 bits per heavy atom. The van der Waals surface area contributed by atoms with Gasteiger partial charge in [0, 0.05) is 19.0 Å². The van der Waals surface area contributed by atoms with Gasteiger partial charge in [-0.05, 0) is 29.7 Å². The van der Waals surface area contributed by atoms with Crippen LogP contribution in [0.25, 0.3) is 0 Å². The van der Waals surface area contributed by atoms with Crippen molar-refractivity contribution in [1.29, 1.82) is 0 Å². The zero-order chi connectivity index (χ0) is 22.1. The molecule has 1 aliphatic carbocycles. The van der Waals surface area contributed by atoms with Crippen LogP contribution in [0.1, 0.15) is 30.0 Å². The molecule has 4 nitrogen and oxygen atoms in total. The molecule has 1 aromatic rings. The van der Waals surface area contributed by atoms with Crippen molar-refractivity contribution in [1.82, 2.24) is 9.80 Å². The fourth-order valence-electron chi connectivity index (χ4n) is 4.95. The number of fused-ring (bicyclic) bond motifs is 3. The Bertz CT molecular complexity index is 889. The van der Waals surface area contributed by atoms with Gasteiger partial charge in [0.15, 0.2) is 0 Å². The number of carbonyl (C=O) groups is 2. The van der Waals surface area contributed by atoms with E-state index in [1.165, 1.54) is 17.0 Å². The standard InChI is InChI=1S/C19H17B6FN2O2/c20-17(21)6-11(7-18(22,23)19(17,24)25)16(30)27-8-14-13-5-12(26)2-1-10(13)3-4-28(14)15(29)9-27/h1-2,5,11,14H,3-4,6-9H2. The fourth-order valence-corrected chi connectivity index (χ4v) is 4.95. The minimum atomic E-state index is -1.79. The summed E-state index contributed by atoms with van der Waals surface area (Å²) in [4.78, 5) is 29.2. The third-order valence-electron chi connectivity index (χ3n) is 6.87. The average molecular weight is 389 g/mol. The summed E-state index contributed by atoms with van der Waals surface area (Å²) in [7, 11) is 36.3. The molecule has 0 bridgehead atoms. The van der Waals surface area contributed by atoms with Gasteiger partial charge in [-0.3, -0.25) is 9.59 Å². The minimum absolute atomic E-state index is 0.0285. The largest absolute Gasteiger partial charge is 0.332 e. The van der Waals surface area contributed by atoms with Gasteiger partial charge in [0.1, 0.15) is 5.82 Å². The Balaban J connectivity index is 1.60. The number of nitrogens with zero attached hydrogens (tertiary/aromatic N) is 2. The van der Waals surface area contributed by atoms with Gasteiger partial charge in [-0.1, -0.05) is 18.9 Å². The highest BCUT2D eigenvalue weighted by molar-refractivity contribution is 6.61. The molecule has 12 radical (unpaired) electrons. The van der Waals surface area contributed by atoms with E-state index in [1.54, 1.807) is 11.0 Å². The van der Waals surface area contributed by atoms with Crippen molar-refractivity contribution in [3.8, 4) is 0 Å². The van der Waals surface area contributed by atoms with Crippen LogP contribution in [0.15, 0.2) is 18.2 Å². The predicted octanol–water partition coefficient (Wildman–Crippen LogP) is -0.137. The second-order valence-corrected chi connectivity index (χ2v) is 8.97. The number of carbonyl (C=O) groups excluding carboxylic acids is 2. The van der Waals surface area contributed by atoms with Gasteiger partial charge in [-0.2, -0.15) is 0 Å². The van der Waals surface area contributed by atoms with E-state index in [9.17, 15) is 14.0 Å². The summed E-state index contributed by atoms with van der Waals surface area (Å²) in [5, 5.41) is -5.14. The summed E-state index contributed by atoms with van der Waals surface area (Å²) in [5.74, 6) is -1.67. The number of hydrogen-bond donors (Lipinski definition) is 0. The first kappa shape index (κ1) is 21.7. The highest BCUT2D eigenvalue weighted by Gasteiger charge is 2.52. The molecule has 2 amide bonds. The summed E-state index contributed by atoms with van der Waals surface area (Å²) in [5.41, 5.74) is 1.69. The van der Waals surface area contributed by atoms with Crippen molar-refractivity contribution in [3.63, 3.8) is 0 Å². The first-order valence-corrected chi connectivity index (χ1v) is 9.94. The first-order valence-electron chi connectivity index (χ1n) is 9.94. The summed E-state index contributed by atoms with van der Waals surface area (Å²) in [6, 6.07) is 4.15. The Morgan fingerprint density at radius 3 is 2.33 bits per heavy atom. The quantitative estimate of drug-likeness (QED) is 0.628. The second kappa shape index (κ2) is 7.00. The minimum Gasteiger partial charge on any atom is -0.332 e. The van der Waals surface area contributed by atoms with Crippen LogP contribution in [0.4, 0.5) is 4.39 Å². The van der Waals surface area contributed by atoms with Gasteiger partial charge in [0.25, 0.3) is 0 Å². The molecule has 2 heterocycles. The molecular weight excluding hydrogens is 372 g/mol. The van der Waals surface area contributed by atoms with E-state index >= 15 is 0 Å². The zero-order valence-corrected chi connectivity index (χ0v) is 16.7. The van der Waals surface area contributed by atoms with Crippen molar-refractivity contribution >= 4 is 58.9 Å². The van der Waals surface area contributed by atoms with Crippen molar-refractivity contribution in [3.05, 3.63) is 35.1 Å². The van der Waals surface area contributed by atoms with Gasteiger partial charge in [-0.15, -0.1) is 15.6 Å². The maximum Gasteiger partial charge on any atom is 0.242 e. The van der Waals surface area contributed by atoms with Crippen molar-refractivity contribution < 1.29 is 14.0 Å². The van der Waals surface area contributed by atoms with Crippen molar-refractivity contribution in [2.24, 2.45) is 5.92 Å². The average Bonchev–Trinajstić information content (AvgIpc) is 2.65. The normalized spacial score (nSPS) is 27.2. The highest BCUT2D eigenvalue weighted by Crippen LogP contribution is 2.65. The molecule has 3 aliphatic rings. The molecule has 0 aromatic heterocycles. The molecule has 11 heteroatoms. The number of amides is 2. The third-order valence-corrected chi connectivity index (χ3v) is 6.87. The lowest BCUT2D eigenvalue weighted by molar-refractivity contribution is -0.152. The van der Waals surface area contributed by atoms with Crippen LogP contribution < -0.4 is 0 Å². The summed E-state index contributed by atoms with van der Waals surface area (Å²) in [6.07, 6.45) is 0.591. The maximum absolute atomic E-state index is 13.9. The highest BCUT2D eigenvalue weighted by atomic mass is 19.1. The van der Waals surface area contributed by atoms with Crippen LogP contribution in [-0.4, -0.2) is 88.3 Å². The number of benzene rings is 1. The molecule has 1 atom stereocenters. The Kier molecular flexibility index (Phi) is 5.06. The second-order valence-electron chi connectivity index (χ2n) is 8.97. The molecule has 1 saturated heterocycles. The van der Waals surface area contributed by atoms with Gasteiger partial charge in [-0.25, -0.2) is 4.39 Å². The SMILES string of the molecule is [B]C1([B])CC(C(=O)N2CC(=O)N3CCc4ccc(F)cc4C3C2)CC([B])([B])C1([B])[B]. The number of rotatable bonds is 1. The topological polar surface area (TPSA) is 40.6 Å². The number of hydrogen-bond acceptors (Lipinski definition) is 2. The van der Waals surface area contributed by atoms with Gasteiger partial charge in [0.05, 0.1) is 59.7 Å². The van der Waals surface area contributed by atoms with E-state index in [4.69, 9.17) is 47.1 Å². The molecule has 4 rings (SSSR count). The summed E-state index contributed by atoms with van der Waals surface area (Å²) < 4.78 is 13.9. The van der Waals surface area contributed by atoms with E-state index in [-0.39, 0.29) is 43.6 Å². The van der Waals surface area contributed by atoms with Crippen LogP contribution >= 0.6 is 0 Å². The molecule has 2 fully saturated rings. The van der Waals surface area contributed by atoms with E-state index in [1.807, 2.05) is 0 Å². The molecule has 1 unspecified atom stereocenters.